The number of thioether (sulfide) groups is 2. The van der Waals surface area contributed by atoms with Crippen LogP contribution >= 0.6 is 70.0 Å². The molecule has 0 unspecified atom stereocenters. The molecule has 0 spiro atoms. The molecule has 1 rings (SSSR count). The van der Waals surface area contributed by atoms with E-state index in [4.69, 9.17) is 23.8 Å². The number of alkyl halides is 1. The molecular formula is C5H5ClS5. The van der Waals surface area contributed by atoms with E-state index in [9.17, 15) is 0 Å². The van der Waals surface area contributed by atoms with Crippen LogP contribution in [0.25, 0.3) is 0 Å². The zero-order valence-corrected chi connectivity index (χ0v) is 10.5. The summed E-state index contributed by atoms with van der Waals surface area (Å²) in [4.78, 5) is 0. The highest BCUT2D eigenvalue weighted by Crippen LogP contribution is 2.39. The monoisotopic (exact) mass is 260 g/mol. The smallest absolute Gasteiger partial charge is 0.117 e. The van der Waals surface area contributed by atoms with Crippen LogP contribution < -0.4 is 0 Å². The molecule has 0 atom stereocenters. The van der Waals surface area contributed by atoms with Gasteiger partial charge in [-0.15, -0.1) is 46.0 Å². The minimum atomic E-state index is 0.607. The second-order valence-electron chi connectivity index (χ2n) is 1.49. The van der Waals surface area contributed by atoms with Crippen LogP contribution in [0.1, 0.15) is 0 Å². The number of hydrogen-bond acceptors (Lipinski definition) is 5. The third-order valence-electron chi connectivity index (χ3n) is 0.890. The van der Waals surface area contributed by atoms with Crippen molar-refractivity contribution >= 4 is 70.0 Å². The van der Waals surface area contributed by atoms with E-state index in [0.717, 1.165) is 3.14 Å². The van der Waals surface area contributed by atoms with Gasteiger partial charge in [-0.05, 0) is 6.26 Å². The Bertz CT molecular complexity index is 275. The first kappa shape index (κ1) is 10.3. The van der Waals surface area contributed by atoms with Crippen LogP contribution in [0.5, 0.6) is 0 Å². The Kier molecular flexibility index (Phi) is 4.79. The van der Waals surface area contributed by atoms with Crippen LogP contribution in [0.15, 0.2) is 8.42 Å². The van der Waals surface area contributed by atoms with E-state index in [0.29, 0.717) is 5.21 Å². The van der Waals surface area contributed by atoms with Gasteiger partial charge >= 0.3 is 0 Å². The first-order valence-corrected chi connectivity index (χ1v) is 7.43. The Morgan fingerprint density at radius 1 is 1.45 bits per heavy atom. The van der Waals surface area contributed by atoms with Gasteiger partial charge in [-0.3, -0.25) is 0 Å². The average molecular weight is 261 g/mol. The fraction of sp³-hybridized carbons (Fsp3) is 0.400. The first-order chi connectivity index (χ1) is 5.27. The Morgan fingerprint density at radius 2 is 2.09 bits per heavy atom. The van der Waals surface area contributed by atoms with Gasteiger partial charge in [0, 0.05) is 0 Å². The molecule has 0 saturated heterocycles. The van der Waals surface area contributed by atoms with E-state index in [2.05, 4.69) is 6.26 Å². The zero-order chi connectivity index (χ0) is 8.27. The largest absolute Gasteiger partial charge is 0.145 e. The highest BCUT2D eigenvalue weighted by molar-refractivity contribution is 8.05. The maximum atomic E-state index is 5.61. The lowest BCUT2D eigenvalue weighted by Crippen LogP contribution is -1.63. The molecule has 0 radical (unpaired) electrons. The normalized spacial score (nSPS) is 10.4. The van der Waals surface area contributed by atoms with Crippen molar-refractivity contribution in [2.45, 2.75) is 8.42 Å². The Morgan fingerprint density at radius 3 is 2.64 bits per heavy atom. The Hall–Kier alpha value is 1.26. The van der Waals surface area contributed by atoms with E-state index in [1.165, 1.54) is 8.42 Å². The van der Waals surface area contributed by atoms with Gasteiger partial charge in [0.05, 0.1) is 13.6 Å². The number of hydrogen-bond donors (Lipinski definition) is 0. The van der Waals surface area contributed by atoms with Crippen molar-refractivity contribution in [2.24, 2.45) is 0 Å². The van der Waals surface area contributed by atoms with Gasteiger partial charge in [0.15, 0.2) is 0 Å². The van der Waals surface area contributed by atoms with E-state index >= 15 is 0 Å². The van der Waals surface area contributed by atoms with Gasteiger partial charge < -0.3 is 0 Å². The molecule has 0 N–H and O–H groups in total. The topological polar surface area (TPSA) is 0 Å². The summed E-state index contributed by atoms with van der Waals surface area (Å²) in [5.41, 5.74) is 0. The Balaban J connectivity index is 2.92. The maximum absolute atomic E-state index is 5.61. The van der Waals surface area contributed by atoms with Crippen molar-refractivity contribution in [1.29, 1.82) is 0 Å². The molecule has 0 fully saturated rings. The van der Waals surface area contributed by atoms with Gasteiger partial charge in [0.25, 0.3) is 0 Å². The average Bonchev–Trinajstić information content (AvgIpc) is 2.32. The molecule has 0 bridgehead atoms. The summed E-state index contributed by atoms with van der Waals surface area (Å²) in [6.45, 7) is 0. The predicted molar refractivity (Wildman–Crippen MR) is 61.4 cm³/mol. The fourth-order valence-electron chi connectivity index (χ4n) is 0.518. The third kappa shape index (κ3) is 2.90. The van der Waals surface area contributed by atoms with Crippen molar-refractivity contribution in [1.82, 2.24) is 0 Å². The van der Waals surface area contributed by atoms with Crippen molar-refractivity contribution in [3.63, 3.8) is 0 Å². The number of halogens is 1. The third-order valence-corrected chi connectivity index (χ3v) is 6.35. The molecule has 0 aliphatic rings. The quantitative estimate of drug-likeness (QED) is 0.445. The highest BCUT2D eigenvalue weighted by atomic mass is 35.5. The molecule has 1 aromatic heterocycles. The van der Waals surface area contributed by atoms with E-state index in [1.807, 2.05) is 0 Å². The lowest BCUT2D eigenvalue weighted by atomic mass is 11.1. The van der Waals surface area contributed by atoms with Gasteiger partial charge in [-0.25, -0.2) is 0 Å². The van der Waals surface area contributed by atoms with E-state index in [-0.39, 0.29) is 0 Å². The molecule has 11 heavy (non-hydrogen) atoms. The van der Waals surface area contributed by atoms with Crippen molar-refractivity contribution in [3.8, 4) is 0 Å². The lowest BCUT2D eigenvalue weighted by Gasteiger charge is -1.92. The minimum Gasteiger partial charge on any atom is -0.117 e. The van der Waals surface area contributed by atoms with E-state index in [1.54, 1.807) is 46.2 Å². The van der Waals surface area contributed by atoms with Gasteiger partial charge in [0.2, 0.25) is 0 Å². The molecule has 1 aromatic rings. The Labute approximate surface area is 92.4 Å². The van der Waals surface area contributed by atoms with Gasteiger partial charge in [-0.1, -0.05) is 24.0 Å². The first-order valence-electron chi connectivity index (χ1n) is 2.64. The number of rotatable bonds is 3. The predicted octanol–water partition coefficient (Wildman–Crippen LogP) is 4.55. The SMILES string of the molecule is CSc1sc(=S)sc1SCCl. The summed E-state index contributed by atoms with van der Waals surface area (Å²) in [6.07, 6.45) is 2.06. The lowest BCUT2D eigenvalue weighted by molar-refractivity contribution is 1.53. The zero-order valence-electron chi connectivity index (χ0n) is 5.63. The molecule has 62 valence electrons. The summed E-state index contributed by atoms with van der Waals surface area (Å²) in [5, 5.41) is 0.607. The molecule has 0 nitrogen and oxygen atoms in total. The molecule has 0 saturated carbocycles. The minimum absolute atomic E-state index is 0.607. The molecule has 1 heterocycles. The molecule has 0 aromatic carbocycles. The van der Waals surface area contributed by atoms with Crippen LogP contribution in [0.4, 0.5) is 0 Å². The van der Waals surface area contributed by atoms with Crippen molar-refractivity contribution < 1.29 is 0 Å². The summed E-state index contributed by atoms with van der Waals surface area (Å²) >= 11 is 17.4. The molecule has 6 heteroatoms. The molecule has 0 amide bonds. The maximum Gasteiger partial charge on any atom is 0.145 e. The van der Waals surface area contributed by atoms with Gasteiger partial charge in [0.1, 0.15) is 3.14 Å². The van der Waals surface area contributed by atoms with Crippen LogP contribution in [0.2, 0.25) is 0 Å². The van der Waals surface area contributed by atoms with Crippen molar-refractivity contribution in [2.75, 3.05) is 11.5 Å². The highest BCUT2D eigenvalue weighted by Gasteiger charge is 2.05. The fourth-order valence-corrected chi connectivity index (χ4v) is 6.29. The summed E-state index contributed by atoms with van der Waals surface area (Å²) < 4.78 is 3.55. The second kappa shape index (κ2) is 5.09. The molecule has 0 aliphatic carbocycles. The van der Waals surface area contributed by atoms with E-state index < -0.39 is 0 Å². The van der Waals surface area contributed by atoms with Crippen LogP contribution in [0, 0.1) is 3.14 Å². The van der Waals surface area contributed by atoms with Gasteiger partial charge in [-0.2, -0.15) is 0 Å². The van der Waals surface area contributed by atoms with Crippen LogP contribution in [-0.4, -0.2) is 11.5 Å². The summed E-state index contributed by atoms with van der Waals surface area (Å²) in [6, 6.07) is 0. The van der Waals surface area contributed by atoms with Crippen molar-refractivity contribution in [3.05, 3.63) is 3.14 Å². The summed E-state index contributed by atoms with van der Waals surface area (Å²) in [7, 11) is 0. The standard InChI is InChI=1S/C5H5ClS5/c1-8-3-4(9-2-6)11-5(7)10-3/h2H2,1H3. The molecular weight excluding hydrogens is 256 g/mol. The second-order valence-corrected chi connectivity index (χ2v) is 7.61. The van der Waals surface area contributed by atoms with Crippen LogP contribution in [0.3, 0.4) is 0 Å². The molecule has 0 aliphatic heterocycles. The summed E-state index contributed by atoms with van der Waals surface area (Å²) in [5.74, 6) is 0. The van der Waals surface area contributed by atoms with Crippen LogP contribution in [-0.2, 0) is 0 Å².